The lowest BCUT2D eigenvalue weighted by molar-refractivity contribution is -0.153. The molecular formula is C15H19N5O5. The molecule has 2 aromatic heterocycles. The Bertz CT molecular complexity index is 923. The average molecular weight is 349 g/mol. The highest BCUT2D eigenvalue weighted by Gasteiger charge is 2.21. The van der Waals surface area contributed by atoms with Crippen molar-refractivity contribution in [3.05, 3.63) is 44.5 Å². The van der Waals surface area contributed by atoms with Gasteiger partial charge in [-0.3, -0.25) is 28.6 Å². The lowest BCUT2D eigenvalue weighted by atomic mass is 10.3. The summed E-state index contributed by atoms with van der Waals surface area (Å²) in [5.41, 5.74) is 0.677. The number of aromatic nitrogens is 4. The zero-order valence-electron chi connectivity index (χ0n) is 14.3. The van der Waals surface area contributed by atoms with E-state index in [1.54, 1.807) is 25.6 Å². The Hall–Kier alpha value is -3.17. The van der Waals surface area contributed by atoms with Gasteiger partial charge in [0, 0.05) is 19.3 Å². The molecule has 0 saturated heterocycles. The number of carbonyl (C=O) groups excluding carboxylic acids is 2. The molecule has 0 aliphatic carbocycles. The first-order chi connectivity index (χ1) is 11.7. The van der Waals surface area contributed by atoms with Crippen molar-refractivity contribution in [1.82, 2.24) is 19.3 Å². The third-order valence-electron chi connectivity index (χ3n) is 3.63. The highest BCUT2D eigenvalue weighted by atomic mass is 16.5. The van der Waals surface area contributed by atoms with E-state index in [0.29, 0.717) is 11.4 Å². The molecule has 0 aliphatic heterocycles. The van der Waals surface area contributed by atoms with Crippen LogP contribution >= 0.6 is 0 Å². The maximum atomic E-state index is 12.2. The molecule has 1 amide bonds. The number of ether oxygens (including phenoxy) is 1. The summed E-state index contributed by atoms with van der Waals surface area (Å²) in [4.78, 5) is 48.6. The Morgan fingerprint density at radius 2 is 2.04 bits per heavy atom. The van der Waals surface area contributed by atoms with Crippen molar-refractivity contribution in [3.63, 3.8) is 0 Å². The van der Waals surface area contributed by atoms with Crippen molar-refractivity contribution < 1.29 is 14.3 Å². The van der Waals surface area contributed by atoms with E-state index in [1.807, 2.05) is 4.98 Å². The first-order valence-corrected chi connectivity index (χ1v) is 7.49. The molecule has 2 N–H and O–H groups in total. The lowest BCUT2D eigenvalue weighted by Gasteiger charge is -2.14. The molecule has 0 aliphatic rings. The highest BCUT2D eigenvalue weighted by Crippen LogP contribution is 2.18. The number of carbonyl (C=O) groups is 2. The van der Waals surface area contributed by atoms with Crippen LogP contribution in [-0.2, 0) is 27.9 Å². The zero-order chi connectivity index (χ0) is 18.7. The van der Waals surface area contributed by atoms with Gasteiger partial charge in [0.05, 0.1) is 17.1 Å². The number of rotatable bonds is 5. The number of H-pyrrole nitrogens is 1. The van der Waals surface area contributed by atoms with Gasteiger partial charge in [0.25, 0.3) is 11.5 Å². The predicted octanol–water partition coefficient (Wildman–Crippen LogP) is -0.543. The third kappa shape index (κ3) is 4.22. The summed E-state index contributed by atoms with van der Waals surface area (Å²) in [6, 6.07) is 1.11. The number of aromatic amines is 1. The van der Waals surface area contributed by atoms with Gasteiger partial charge in [0.1, 0.15) is 6.54 Å². The van der Waals surface area contributed by atoms with Gasteiger partial charge in [0.2, 0.25) is 0 Å². The number of aryl methyl sites for hydroxylation is 2. The number of hydrogen-bond acceptors (Lipinski definition) is 6. The molecule has 134 valence electrons. The van der Waals surface area contributed by atoms with Crippen LogP contribution in [-0.4, -0.2) is 37.3 Å². The number of nitrogens with zero attached hydrogens (tertiary/aromatic N) is 3. The molecule has 2 heterocycles. The van der Waals surface area contributed by atoms with E-state index in [2.05, 4.69) is 10.4 Å². The van der Waals surface area contributed by atoms with Gasteiger partial charge in [-0.1, -0.05) is 0 Å². The molecule has 0 radical (unpaired) electrons. The van der Waals surface area contributed by atoms with Crippen LogP contribution in [0.5, 0.6) is 0 Å². The van der Waals surface area contributed by atoms with E-state index in [9.17, 15) is 19.2 Å². The van der Waals surface area contributed by atoms with Crippen LogP contribution in [0.3, 0.4) is 0 Å². The topological polar surface area (TPSA) is 128 Å². The minimum atomic E-state index is -1.06. The zero-order valence-corrected chi connectivity index (χ0v) is 14.3. The van der Waals surface area contributed by atoms with Crippen molar-refractivity contribution in [2.24, 2.45) is 7.05 Å². The Morgan fingerprint density at radius 3 is 2.60 bits per heavy atom. The number of anilines is 1. The number of esters is 1. The van der Waals surface area contributed by atoms with Gasteiger partial charge in [-0.2, -0.15) is 5.10 Å². The van der Waals surface area contributed by atoms with Gasteiger partial charge in [-0.25, -0.2) is 4.79 Å². The van der Waals surface area contributed by atoms with Crippen molar-refractivity contribution in [2.45, 2.75) is 33.4 Å². The maximum Gasteiger partial charge on any atom is 0.328 e. The van der Waals surface area contributed by atoms with Crippen molar-refractivity contribution in [3.8, 4) is 0 Å². The molecule has 0 fully saturated rings. The largest absolute Gasteiger partial charge is 0.451 e. The molecule has 0 bridgehead atoms. The summed E-state index contributed by atoms with van der Waals surface area (Å²) < 4.78 is 7.64. The van der Waals surface area contributed by atoms with E-state index >= 15 is 0 Å². The first-order valence-electron chi connectivity index (χ1n) is 7.49. The fourth-order valence-electron chi connectivity index (χ4n) is 2.18. The Labute approximate surface area is 142 Å². The first kappa shape index (κ1) is 18.2. The van der Waals surface area contributed by atoms with Crippen molar-refractivity contribution >= 4 is 17.6 Å². The second-order valence-electron chi connectivity index (χ2n) is 5.53. The lowest BCUT2D eigenvalue weighted by Crippen LogP contribution is -2.35. The minimum absolute atomic E-state index is 0.418. The van der Waals surface area contributed by atoms with Gasteiger partial charge in [-0.05, 0) is 20.8 Å². The molecule has 0 aromatic carbocycles. The second kappa shape index (κ2) is 7.16. The fraction of sp³-hybridized carbons (Fsp3) is 0.400. The maximum absolute atomic E-state index is 12.2. The summed E-state index contributed by atoms with van der Waals surface area (Å²) in [6.07, 6.45) is 0.111. The molecule has 2 rings (SSSR count). The van der Waals surface area contributed by atoms with Crippen LogP contribution < -0.4 is 16.6 Å². The Morgan fingerprint density at radius 1 is 1.36 bits per heavy atom. The number of hydrogen-bond donors (Lipinski definition) is 2. The van der Waals surface area contributed by atoms with Crippen LogP contribution in [0.25, 0.3) is 0 Å². The molecule has 0 spiro atoms. The van der Waals surface area contributed by atoms with Gasteiger partial charge < -0.3 is 10.1 Å². The number of amides is 1. The SMILES string of the molecule is Cc1nn(C)c(C)c1NC(=O)[C@@H](C)OC(=O)Cn1ccc(=O)[nH]c1=O. The predicted molar refractivity (Wildman–Crippen MR) is 88.2 cm³/mol. The molecule has 0 unspecified atom stereocenters. The van der Waals surface area contributed by atoms with E-state index < -0.39 is 35.8 Å². The smallest absolute Gasteiger partial charge is 0.328 e. The molecule has 1 atom stereocenters. The fourth-order valence-corrected chi connectivity index (χ4v) is 2.18. The summed E-state index contributed by atoms with van der Waals surface area (Å²) in [7, 11) is 1.75. The quantitative estimate of drug-likeness (QED) is 0.698. The minimum Gasteiger partial charge on any atom is -0.451 e. The van der Waals surface area contributed by atoms with Crippen molar-refractivity contribution in [2.75, 3.05) is 5.32 Å². The standard InChI is InChI=1S/C15H19N5O5/c1-8-13(9(2)19(4)18-8)17-14(23)10(3)25-12(22)7-20-6-5-11(21)16-15(20)24/h5-6,10H,7H2,1-4H3,(H,17,23)(H,16,21,24)/t10-/m1/s1. The summed E-state index contributed by atoms with van der Waals surface area (Å²) in [5, 5.41) is 6.86. The van der Waals surface area contributed by atoms with Crippen LogP contribution in [0.4, 0.5) is 5.69 Å². The van der Waals surface area contributed by atoms with Crippen LogP contribution in [0.1, 0.15) is 18.3 Å². The summed E-state index contributed by atoms with van der Waals surface area (Å²) in [5.74, 6) is -1.29. The van der Waals surface area contributed by atoms with Gasteiger partial charge in [-0.15, -0.1) is 0 Å². The third-order valence-corrected chi connectivity index (χ3v) is 3.63. The van der Waals surface area contributed by atoms with Crippen LogP contribution in [0.2, 0.25) is 0 Å². The molecule has 0 saturated carbocycles. The molecule has 25 heavy (non-hydrogen) atoms. The average Bonchev–Trinajstić information content (AvgIpc) is 2.76. The normalized spacial score (nSPS) is 11.8. The Balaban J connectivity index is 1.99. The van der Waals surface area contributed by atoms with Crippen molar-refractivity contribution in [1.29, 1.82) is 0 Å². The van der Waals surface area contributed by atoms with E-state index in [0.717, 1.165) is 16.3 Å². The van der Waals surface area contributed by atoms with Crippen LogP contribution in [0, 0.1) is 13.8 Å². The monoisotopic (exact) mass is 349 g/mol. The van der Waals surface area contributed by atoms with E-state index in [-0.39, 0.29) is 0 Å². The molecular weight excluding hydrogens is 330 g/mol. The van der Waals surface area contributed by atoms with Gasteiger partial charge >= 0.3 is 11.7 Å². The second-order valence-corrected chi connectivity index (χ2v) is 5.53. The molecule has 10 heteroatoms. The highest BCUT2D eigenvalue weighted by molar-refractivity contribution is 5.96. The summed E-state index contributed by atoms with van der Waals surface area (Å²) >= 11 is 0. The van der Waals surface area contributed by atoms with E-state index in [1.165, 1.54) is 13.1 Å². The molecule has 10 nitrogen and oxygen atoms in total. The molecule has 2 aromatic rings. The van der Waals surface area contributed by atoms with Crippen LogP contribution in [0.15, 0.2) is 21.9 Å². The number of nitrogens with one attached hydrogen (secondary N) is 2. The van der Waals surface area contributed by atoms with E-state index in [4.69, 9.17) is 4.74 Å². The summed E-state index contributed by atoms with van der Waals surface area (Å²) in [6.45, 7) is 4.55. The van der Waals surface area contributed by atoms with Gasteiger partial charge in [0.15, 0.2) is 6.10 Å². The Kier molecular flexibility index (Phi) is 5.20.